The molecule has 4 nitrogen and oxygen atoms in total. The van der Waals surface area contributed by atoms with E-state index in [1.165, 1.54) is 161 Å². The summed E-state index contributed by atoms with van der Waals surface area (Å²) in [5, 5.41) is 5.37. The van der Waals surface area contributed by atoms with Gasteiger partial charge < -0.3 is 18.9 Å². The average Bonchev–Trinajstić information content (AvgIpc) is 3.58. The van der Waals surface area contributed by atoms with Crippen LogP contribution in [0.5, 0.6) is 0 Å². The van der Waals surface area contributed by atoms with Crippen LogP contribution >= 0.6 is 0 Å². The highest BCUT2D eigenvalue weighted by atomic mass is 15.2. The molecular weight excluding hydrogens is 956 g/mol. The maximum absolute atomic E-state index is 2.95. The van der Waals surface area contributed by atoms with Crippen molar-refractivity contribution >= 4 is 101 Å². The minimum Gasteiger partial charge on any atom is -0.332 e. The molecule has 0 saturated heterocycles. The van der Waals surface area contributed by atoms with Crippen LogP contribution in [-0.2, 0) is 27.2 Å². The van der Waals surface area contributed by atoms with Gasteiger partial charge in [0.15, 0.2) is 0 Å². The van der Waals surface area contributed by atoms with Crippen LogP contribution in [0.4, 0.5) is 34.1 Å². The molecule has 5 heteroatoms. The number of fused-ring (bicyclic) bond motifs is 11. The van der Waals surface area contributed by atoms with E-state index in [0.29, 0.717) is 0 Å². The fourth-order valence-corrected chi connectivity index (χ4v) is 16.4. The van der Waals surface area contributed by atoms with Crippen molar-refractivity contribution in [2.75, 3.05) is 9.80 Å². The first-order chi connectivity index (χ1) is 37.6. The van der Waals surface area contributed by atoms with Crippen LogP contribution in [0.1, 0.15) is 144 Å². The van der Waals surface area contributed by atoms with Crippen LogP contribution in [0, 0.1) is 17.8 Å². The molecule has 4 aliphatic carbocycles. The van der Waals surface area contributed by atoms with Crippen molar-refractivity contribution in [2.24, 2.45) is 17.8 Å². The van der Waals surface area contributed by atoms with Gasteiger partial charge in [0.25, 0.3) is 6.71 Å². The Bertz CT molecular complexity index is 3970. The lowest BCUT2D eigenvalue weighted by Gasteiger charge is -2.57. The van der Waals surface area contributed by atoms with E-state index in [9.17, 15) is 0 Å². The van der Waals surface area contributed by atoms with Crippen LogP contribution in [0.2, 0.25) is 0 Å². The summed E-state index contributed by atoms with van der Waals surface area (Å²) in [5.74, 6) is 2.43. The number of anilines is 6. The molecule has 8 aromatic carbocycles. The Balaban J connectivity index is 1.10. The zero-order chi connectivity index (χ0) is 54.4. The zero-order valence-electron chi connectivity index (χ0n) is 48.9. The monoisotopic (exact) mass is 1030 g/mol. The Hall–Kier alpha value is -6.98. The van der Waals surface area contributed by atoms with E-state index in [2.05, 4.69) is 260 Å². The molecule has 0 radical (unpaired) electrons. The van der Waals surface area contributed by atoms with Crippen LogP contribution in [0.25, 0.3) is 49.3 Å². The van der Waals surface area contributed by atoms with Gasteiger partial charge in [-0.25, -0.2) is 0 Å². The predicted molar refractivity (Wildman–Crippen MR) is 339 cm³/mol. The molecular formula is C74H77BN4. The lowest BCUT2D eigenvalue weighted by molar-refractivity contribution is -0.0386. The summed E-state index contributed by atoms with van der Waals surface area (Å²) in [4.78, 5) is 5.28. The summed E-state index contributed by atoms with van der Waals surface area (Å²) in [7, 11) is 0. The van der Waals surface area contributed by atoms with Gasteiger partial charge in [-0.3, -0.25) is 0 Å². The molecule has 0 unspecified atom stereocenters. The Morgan fingerprint density at radius 3 is 1.24 bits per heavy atom. The maximum atomic E-state index is 2.95. The second kappa shape index (κ2) is 16.6. The Kier molecular flexibility index (Phi) is 10.3. The molecule has 16 rings (SSSR count). The van der Waals surface area contributed by atoms with E-state index in [-0.39, 0.29) is 33.9 Å². The molecule has 6 aliphatic rings. The van der Waals surface area contributed by atoms with Crippen LogP contribution < -0.4 is 26.2 Å². The number of benzene rings is 8. The second-order valence-electron chi connectivity index (χ2n) is 29.3. The normalized spacial score (nSPS) is 20.7. The minimum absolute atomic E-state index is 0.0160. The summed E-state index contributed by atoms with van der Waals surface area (Å²) < 4.78 is 5.67. The smallest absolute Gasteiger partial charge is 0.252 e. The molecule has 0 atom stereocenters. The van der Waals surface area contributed by atoms with Gasteiger partial charge in [0.2, 0.25) is 0 Å². The van der Waals surface area contributed by atoms with Gasteiger partial charge >= 0.3 is 0 Å². The average molecular weight is 1030 g/mol. The Labute approximate surface area is 469 Å². The van der Waals surface area contributed by atoms with Gasteiger partial charge in [0, 0.05) is 66.7 Å². The van der Waals surface area contributed by atoms with E-state index in [4.69, 9.17) is 0 Å². The van der Waals surface area contributed by atoms with Gasteiger partial charge in [-0.2, -0.15) is 0 Å². The van der Waals surface area contributed by atoms with Crippen molar-refractivity contribution in [3.05, 3.63) is 180 Å². The molecule has 0 N–H and O–H groups in total. The number of para-hydroxylation sites is 2. The summed E-state index contributed by atoms with van der Waals surface area (Å²) in [6.45, 7) is 28.2. The van der Waals surface area contributed by atoms with Gasteiger partial charge in [0.05, 0.1) is 22.2 Å². The third kappa shape index (κ3) is 7.32. The number of aromatic nitrogens is 2. The number of hydrogen-bond donors (Lipinski definition) is 0. The molecule has 0 amide bonds. The highest BCUT2D eigenvalue weighted by Crippen LogP contribution is 2.61. The molecule has 4 bridgehead atoms. The first kappa shape index (κ1) is 49.1. The summed E-state index contributed by atoms with van der Waals surface area (Å²) in [6.07, 6.45) is 8.09. The molecule has 2 aromatic heterocycles. The molecule has 79 heavy (non-hydrogen) atoms. The molecule has 4 heterocycles. The van der Waals surface area contributed by atoms with Gasteiger partial charge in [0.1, 0.15) is 0 Å². The standard InChI is InChI=1S/C74H77BN4/c1-70(2,3)48-21-27-52(28-22-48)76-63-33-25-50(72(7,8)9)38-59(63)75-60-39-51(73(10,11)12)26-34-64(60)77(53-29-23-49(24-30-53)71(4,5)6)66-41-54(40-65(76)67(66)75)78-61-19-15-13-17-55(61)57-31-32-58-56-18-14-16-20-62(56)79(69(58)68(57)78)74-42-45-35-46(43-74)37-47(36-45)44-74/h13-34,38-41,45-47H,35-37,42-44H2,1-12H3. The molecule has 2 aliphatic heterocycles. The largest absolute Gasteiger partial charge is 0.332 e. The van der Waals surface area contributed by atoms with E-state index in [1.54, 1.807) is 0 Å². The summed E-state index contributed by atoms with van der Waals surface area (Å²) in [5.41, 5.74) is 23.4. The highest BCUT2D eigenvalue weighted by molar-refractivity contribution is 7.00. The van der Waals surface area contributed by atoms with E-state index >= 15 is 0 Å². The summed E-state index contributed by atoms with van der Waals surface area (Å²) in [6, 6.07) is 62.9. The first-order valence-corrected chi connectivity index (χ1v) is 29.9. The Morgan fingerprint density at radius 2 is 0.785 bits per heavy atom. The van der Waals surface area contributed by atoms with E-state index in [1.807, 2.05) is 0 Å². The van der Waals surface area contributed by atoms with Crippen LogP contribution in [-0.4, -0.2) is 15.8 Å². The minimum atomic E-state index is -0.0483. The summed E-state index contributed by atoms with van der Waals surface area (Å²) >= 11 is 0. The van der Waals surface area contributed by atoms with Crippen LogP contribution in [0.15, 0.2) is 158 Å². The number of nitrogens with zero attached hydrogens (tertiary/aromatic N) is 4. The topological polar surface area (TPSA) is 16.3 Å². The van der Waals surface area contributed by atoms with Crippen molar-refractivity contribution in [1.82, 2.24) is 9.13 Å². The number of hydrogen-bond acceptors (Lipinski definition) is 2. The molecule has 4 fully saturated rings. The molecule has 10 aromatic rings. The molecule has 0 spiro atoms. The fourth-order valence-electron chi connectivity index (χ4n) is 16.4. The third-order valence-electron chi connectivity index (χ3n) is 20.0. The quantitative estimate of drug-likeness (QED) is 0.163. The van der Waals surface area contributed by atoms with Crippen molar-refractivity contribution < 1.29 is 0 Å². The maximum Gasteiger partial charge on any atom is 0.252 e. The Morgan fingerprint density at radius 1 is 0.380 bits per heavy atom. The van der Waals surface area contributed by atoms with Crippen molar-refractivity contribution in [3.8, 4) is 5.69 Å². The first-order valence-electron chi connectivity index (χ1n) is 29.9. The van der Waals surface area contributed by atoms with Crippen molar-refractivity contribution in [1.29, 1.82) is 0 Å². The second-order valence-corrected chi connectivity index (χ2v) is 29.3. The van der Waals surface area contributed by atoms with Gasteiger partial charge in [-0.1, -0.05) is 180 Å². The lowest BCUT2D eigenvalue weighted by atomic mass is 9.33. The number of rotatable bonds is 4. The van der Waals surface area contributed by atoms with Gasteiger partial charge in [-0.15, -0.1) is 0 Å². The third-order valence-corrected chi connectivity index (χ3v) is 20.0. The van der Waals surface area contributed by atoms with Crippen molar-refractivity contribution in [2.45, 2.75) is 149 Å². The molecule has 4 saturated carbocycles. The lowest BCUT2D eigenvalue weighted by Crippen LogP contribution is -2.61. The van der Waals surface area contributed by atoms with Gasteiger partial charge in [-0.05, 0) is 177 Å². The van der Waals surface area contributed by atoms with E-state index in [0.717, 1.165) is 17.8 Å². The van der Waals surface area contributed by atoms with Crippen LogP contribution in [0.3, 0.4) is 0 Å². The van der Waals surface area contributed by atoms with Crippen molar-refractivity contribution in [3.63, 3.8) is 0 Å². The van der Waals surface area contributed by atoms with E-state index < -0.39 is 0 Å². The SMILES string of the molecule is CC(C)(C)c1ccc(N2c3ccc(C(C)(C)C)cc3B3c4cc(C(C)(C)C)ccc4N(c4ccc(C(C)(C)C)cc4)c4cc(-n5c6ccccc6c6ccc7c8ccccc8n(C89CC%10CC(CC(C%10)C8)C9)c7c65)cc2c43)cc1. The predicted octanol–water partition coefficient (Wildman–Crippen LogP) is 18.1. The molecule has 396 valence electrons. The zero-order valence-corrected chi connectivity index (χ0v) is 48.9. The fraction of sp³-hybridized carbons (Fsp3) is 0.351. The highest BCUT2D eigenvalue weighted by Gasteiger charge is 2.53.